The number of aromatic nitrogens is 4. The average molecular weight is 409 g/mol. The van der Waals surface area contributed by atoms with Crippen LogP contribution in [-0.4, -0.2) is 41.7 Å². The standard InChI is InChI=1S/C16H13F2N5O4S/c1-27-16(24)15(13-7-10(17)5-6-14(13)18)20-28(25,26)12-4-2-3-11(8-12)23-9-19-21-22-23/h2-9,15,20H,1H3. The molecule has 0 amide bonds. The van der Waals surface area contributed by atoms with Crippen LogP contribution in [0.5, 0.6) is 0 Å². The molecular formula is C16H13F2N5O4S. The number of benzene rings is 2. The van der Waals surface area contributed by atoms with Crippen LogP contribution in [0.2, 0.25) is 0 Å². The molecule has 0 radical (unpaired) electrons. The molecule has 0 fully saturated rings. The predicted octanol–water partition coefficient (Wildman–Crippen LogP) is 1.13. The molecule has 0 aliphatic carbocycles. The number of rotatable bonds is 6. The van der Waals surface area contributed by atoms with Gasteiger partial charge in [-0.3, -0.25) is 0 Å². The number of halogens is 2. The van der Waals surface area contributed by atoms with Crippen LogP contribution in [0.1, 0.15) is 11.6 Å². The first kappa shape index (κ1) is 19.5. The molecule has 1 atom stereocenters. The first-order chi connectivity index (χ1) is 13.3. The fraction of sp³-hybridized carbons (Fsp3) is 0.125. The van der Waals surface area contributed by atoms with Crippen LogP contribution in [0.3, 0.4) is 0 Å². The Morgan fingerprint density at radius 3 is 2.68 bits per heavy atom. The monoisotopic (exact) mass is 409 g/mol. The van der Waals surface area contributed by atoms with E-state index in [2.05, 4.69) is 20.3 Å². The molecule has 3 rings (SSSR count). The van der Waals surface area contributed by atoms with Crippen molar-refractivity contribution in [1.29, 1.82) is 0 Å². The second-order valence-corrected chi connectivity index (χ2v) is 7.21. The zero-order valence-corrected chi connectivity index (χ0v) is 15.1. The Bertz CT molecular complexity index is 1110. The molecule has 0 aliphatic rings. The van der Waals surface area contributed by atoms with Crippen LogP contribution in [-0.2, 0) is 19.6 Å². The molecule has 0 bridgehead atoms. The van der Waals surface area contributed by atoms with Crippen molar-refractivity contribution in [3.05, 3.63) is 66.0 Å². The Morgan fingerprint density at radius 1 is 1.21 bits per heavy atom. The van der Waals surface area contributed by atoms with Crippen molar-refractivity contribution in [1.82, 2.24) is 24.9 Å². The highest BCUT2D eigenvalue weighted by molar-refractivity contribution is 7.89. The maximum atomic E-state index is 14.1. The van der Waals surface area contributed by atoms with Crippen molar-refractivity contribution in [2.24, 2.45) is 0 Å². The van der Waals surface area contributed by atoms with Crippen molar-refractivity contribution in [3.8, 4) is 5.69 Å². The van der Waals surface area contributed by atoms with Gasteiger partial charge in [-0.25, -0.2) is 26.7 Å². The predicted molar refractivity (Wildman–Crippen MR) is 90.6 cm³/mol. The van der Waals surface area contributed by atoms with Gasteiger partial charge in [-0.2, -0.15) is 4.72 Å². The number of nitrogens with zero attached hydrogens (tertiary/aromatic N) is 4. The van der Waals surface area contributed by atoms with Crippen LogP contribution in [0.15, 0.2) is 53.7 Å². The van der Waals surface area contributed by atoms with E-state index in [4.69, 9.17) is 0 Å². The van der Waals surface area contributed by atoms with Crippen LogP contribution in [0.25, 0.3) is 5.69 Å². The third kappa shape index (κ3) is 4.02. The van der Waals surface area contributed by atoms with Crippen LogP contribution < -0.4 is 4.72 Å². The lowest BCUT2D eigenvalue weighted by molar-refractivity contribution is -0.142. The minimum atomic E-state index is -4.33. The van der Waals surface area contributed by atoms with Crippen molar-refractivity contribution in [3.63, 3.8) is 0 Å². The number of hydrogen-bond acceptors (Lipinski definition) is 7. The number of methoxy groups -OCH3 is 1. The van der Waals surface area contributed by atoms with Crippen molar-refractivity contribution < 1.29 is 26.7 Å². The Hall–Kier alpha value is -3.25. The topological polar surface area (TPSA) is 116 Å². The maximum Gasteiger partial charge on any atom is 0.328 e. The molecule has 146 valence electrons. The molecule has 1 N–H and O–H groups in total. The number of carbonyl (C=O) groups is 1. The fourth-order valence-corrected chi connectivity index (χ4v) is 3.59. The summed E-state index contributed by atoms with van der Waals surface area (Å²) in [6.07, 6.45) is 1.26. The van der Waals surface area contributed by atoms with Crippen molar-refractivity contribution in [2.75, 3.05) is 7.11 Å². The lowest BCUT2D eigenvalue weighted by Crippen LogP contribution is -2.35. The summed E-state index contributed by atoms with van der Waals surface area (Å²) >= 11 is 0. The molecule has 1 aromatic heterocycles. The van der Waals surface area contributed by atoms with Crippen molar-refractivity contribution >= 4 is 16.0 Å². The van der Waals surface area contributed by atoms with E-state index < -0.39 is 39.2 Å². The third-order valence-electron chi connectivity index (χ3n) is 3.72. The van der Waals surface area contributed by atoms with E-state index >= 15 is 0 Å². The molecule has 1 heterocycles. The van der Waals surface area contributed by atoms with E-state index in [1.54, 1.807) is 6.07 Å². The van der Waals surface area contributed by atoms with Gasteiger partial charge in [0.05, 0.1) is 17.7 Å². The summed E-state index contributed by atoms with van der Waals surface area (Å²) in [5, 5.41) is 10.6. The van der Waals surface area contributed by atoms with Gasteiger partial charge in [-0.05, 0) is 46.8 Å². The molecule has 12 heteroatoms. The zero-order valence-electron chi connectivity index (χ0n) is 14.3. The Labute approximate surface area is 158 Å². The summed E-state index contributed by atoms with van der Waals surface area (Å²) in [6.45, 7) is 0. The highest BCUT2D eigenvalue weighted by Gasteiger charge is 2.30. The molecule has 1 unspecified atom stereocenters. The van der Waals surface area contributed by atoms with E-state index in [1.807, 2.05) is 4.72 Å². The van der Waals surface area contributed by atoms with Crippen LogP contribution >= 0.6 is 0 Å². The molecular weight excluding hydrogens is 396 g/mol. The van der Waals surface area contributed by atoms with E-state index in [1.165, 1.54) is 29.2 Å². The number of carbonyl (C=O) groups excluding carboxylic acids is 1. The Kier molecular flexibility index (Phi) is 5.42. The molecule has 9 nitrogen and oxygen atoms in total. The molecule has 0 saturated carbocycles. The average Bonchev–Trinajstić information content (AvgIpc) is 3.22. The lowest BCUT2D eigenvalue weighted by Gasteiger charge is -2.18. The van der Waals surface area contributed by atoms with E-state index in [9.17, 15) is 22.0 Å². The maximum absolute atomic E-state index is 14.1. The van der Waals surface area contributed by atoms with Gasteiger partial charge in [0.15, 0.2) is 0 Å². The molecule has 2 aromatic carbocycles. The summed E-state index contributed by atoms with van der Waals surface area (Å²) in [4.78, 5) is 11.8. The number of sulfonamides is 1. The van der Waals surface area contributed by atoms with Gasteiger partial charge in [0.2, 0.25) is 10.0 Å². The minimum Gasteiger partial charge on any atom is -0.468 e. The second-order valence-electron chi connectivity index (χ2n) is 5.50. The van der Waals surface area contributed by atoms with Gasteiger partial charge in [-0.15, -0.1) is 5.10 Å². The second kappa shape index (κ2) is 7.78. The number of esters is 1. The van der Waals surface area contributed by atoms with Gasteiger partial charge in [0.1, 0.15) is 24.0 Å². The van der Waals surface area contributed by atoms with Gasteiger partial charge in [0, 0.05) is 5.56 Å². The first-order valence-electron chi connectivity index (χ1n) is 7.70. The smallest absolute Gasteiger partial charge is 0.328 e. The van der Waals surface area contributed by atoms with Crippen LogP contribution in [0, 0.1) is 11.6 Å². The summed E-state index contributed by atoms with van der Waals surface area (Å²) in [5.74, 6) is -2.92. The fourth-order valence-electron chi connectivity index (χ4n) is 2.39. The highest BCUT2D eigenvalue weighted by atomic mass is 32.2. The van der Waals surface area contributed by atoms with Crippen molar-refractivity contribution in [2.45, 2.75) is 10.9 Å². The lowest BCUT2D eigenvalue weighted by atomic mass is 10.1. The van der Waals surface area contributed by atoms with E-state index in [0.717, 1.165) is 25.3 Å². The summed E-state index contributed by atoms with van der Waals surface area (Å²) in [6, 6.07) is 6.05. The van der Waals surface area contributed by atoms with Crippen LogP contribution in [0.4, 0.5) is 8.78 Å². The number of nitrogens with one attached hydrogen (secondary N) is 1. The summed E-state index contributed by atoms with van der Waals surface area (Å²) in [7, 11) is -3.33. The number of tetrazole rings is 1. The highest BCUT2D eigenvalue weighted by Crippen LogP contribution is 2.23. The normalized spacial score (nSPS) is 12.5. The van der Waals surface area contributed by atoms with Gasteiger partial charge in [0.25, 0.3) is 0 Å². The summed E-state index contributed by atoms with van der Waals surface area (Å²) in [5.41, 5.74) is -0.175. The minimum absolute atomic E-state index is 0.244. The van der Waals surface area contributed by atoms with Gasteiger partial charge in [-0.1, -0.05) is 6.07 Å². The number of ether oxygens (including phenoxy) is 1. The Morgan fingerprint density at radius 2 is 2.00 bits per heavy atom. The SMILES string of the molecule is COC(=O)C(NS(=O)(=O)c1cccc(-n2cnnn2)c1)c1cc(F)ccc1F. The van der Waals surface area contributed by atoms with Gasteiger partial charge < -0.3 is 4.74 Å². The van der Waals surface area contributed by atoms with Gasteiger partial charge >= 0.3 is 5.97 Å². The summed E-state index contributed by atoms with van der Waals surface area (Å²) < 4.78 is 61.0. The zero-order chi connectivity index (χ0) is 20.3. The first-order valence-corrected chi connectivity index (χ1v) is 9.18. The quantitative estimate of drug-likeness (QED) is 0.607. The van der Waals surface area contributed by atoms with E-state index in [-0.39, 0.29) is 4.90 Å². The molecule has 0 aliphatic heterocycles. The largest absolute Gasteiger partial charge is 0.468 e. The Balaban J connectivity index is 1.99. The van der Waals surface area contributed by atoms with E-state index in [0.29, 0.717) is 5.69 Å². The molecule has 3 aromatic rings. The third-order valence-corrected chi connectivity index (χ3v) is 5.14. The number of hydrogen-bond donors (Lipinski definition) is 1. The molecule has 0 saturated heterocycles. The molecule has 28 heavy (non-hydrogen) atoms. The molecule has 0 spiro atoms.